The van der Waals surface area contributed by atoms with Crippen LogP contribution < -0.4 is 10.1 Å². The molecule has 1 aromatic rings. The van der Waals surface area contributed by atoms with E-state index in [1.165, 1.54) is 14.0 Å². The van der Waals surface area contributed by atoms with Gasteiger partial charge >= 0.3 is 5.97 Å². The summed E-state index contributed by atoms with van der Waals surface area (Å²) in [4.78, 5) is 23.4. The van der Waals surface area contributed by atoms with Crippen LogP contribution in [0.5, 0.6) is 5.75 Å². The lowest BCUT2D eigenvalue weighted by Crippen LogP contribution is -2.55. The molecule has 0 unspecified atom stereocenters. The Kier molecular flexibility index (Phi) is 6.68. The molecule has 0 saturated heterocycles. The Morgan fingerprint density at radius 3 is 2.59 bits per heavy atom. The molecule has 1 amide bonds. The maximum absolute atomic E-state index is 11.9. The zero-order chi connectivity index (χ0) is 16.8. The van der Waals surface area contributed by atoms with E-state index in [0.29, 0.717) is 29.2 Å². The topological polar surface area (TPSA) is 75.6 Å². The van der Waals surface area contributed by atoms with E-state index < -0.39 is 11.5 Å². The van der Waals surface area contributed by atoms with Crippen molar-refractivity contribution in [3.63, 3.8) is 0 Å². The molecule has 0 saturated carbocycles. The fourth-order valence-electron chi connectivity index (χ4n) is 2.46. The van der Waals surface area contributed by atoms with Crippen LogP contribution in [0.25, 0.3) is 0 Å². The summed E-state index contributed by atoms with van der Waals surface area (Å²) in [6.07, 6.45) is 1.98. The van der Waals surface area contributed by atoms with Crippen molar-refractivity contribution in [3.05, 3.63) is 28.8 Å². The number of unbranched alkanes of at least 4 members (excludes halogenated alkanes) is 1. The molecule has 0 heterocycles. The minimum Gasteiger partial charge on any atom is -0.496 e. The third-order valence-corrected chi connectivity index (χ3v) is 3.75. The summed E-state index contributed by atoms with van der Waals surface area (Å²) in [5, 5.41) is 12.8. The highest BCUT2D eigenvalue weighted by atomic mass is 35.5. The molecule has 1 rings (SSSR count). The fourth-order valence-corrected chi connectivity index (χ4v) is 2.65. The van der Waals surface area contributed by atoms with Gasteiger partial charge in [-0.3, -0.25) is 4.79 Å². The highest BCUT2D eigenvalue weighted by molar-refractivity contribution is 6.30. The lowest BCUT2D eigenvalue weighted by molar-refractivity contribution is -0.147. The van der Waals surface area contributed by atoms with E-state index >= 15 is 0 Å². The third kappa shape index (κ3) is 4.63. The Balaban J connectivity index is 3.23. The number of hydrogen-bond acceptors (Lipinski definition) is 3. The Morgan fingerprint density at radius 2 is 2.09 bits per heavy atom. The molecule has 0 bridgehead atoms. The molecule has 1 atom stereocenters. The zero-order valence-electron chi connectivity index (χ0n) is 13.1. The number of ether oxygens (including phenoxy) is 1. The van der Waals surface area contributed by atoms with Crippen LogP contribution in [0.15, 0.2) is 18.2 Å². The van der Waals surface area contributed by atoms with Crippen molar-refractivity contribution in [2.75, 3.05) is 7.11 Å². The molecule has 0 aliphatic rings. The van der Waals surface area contributed by atoms with Gasteiger partial charge in [-0.15, -0.1) is 0 Å². The Bertz CT molecular complexity index is 547. The van der Waals surface area contributed by atoms with E-state index in [-0.39, 0.29) is 12.3 Å². The normalized spacial score (nSPS) is 13.3. The van der Waals surface area contributed by atoms with Crippen molar-refractivity contribution in [1.29, 1.82) is 0 Å². The second kappa shape index (κ2) is 8.03. The van der Waals surface area contributed by atoms with E-state index in [1.807, 2.05) is 6.92 Å². The standard InChI is InChI=1S/C16H22ClNO4/c1-4-5-8-16(15(20)21,18-11(2)19)10-12-9-13(17)6-7-14(12)22-3/h6-7,9H,4-5,8,10H2,1-3H3,(H,18,19)(H,20,21)/t16-/m0/s1. The summed E-state index contributed by atoms with van der Waals surface area (Å²) in [7, 11) is 1.51. The van der Waals surface area contributed by atoms with Crippen molar-refractivity contribution in [2.24, 2.45) is 0 Å². The molecular formula is C16H22ClNO4. The van der Waals surface area contributed by atoms with Gasteiger partial charge in [0.15, 0.2) is 0 Å². The van der Waals surface area contributed by atoms with Gasteiger partial charge in [-0.25, -0.2) is 4.79 Å². The molecule has 2 N–H and O–H groups in total. The zero-order valence-corrected chi connectivity index (χ0v) is 13.9. The average molecular weight is 328 g/mol. The first-order valence-electron chi connectivity index (χ1n) is 7.19. The highest BCUT2D eigenvalue weighted by Crippen LogP contribution is 2.29. The molecule has 0 aromatic heterocycles. The van der Waals surface area contributed by atoms with Crippen LogP contribution in [-0.2, 0) is 16.0 Å². The molecule has 0 aliphatic carbocycles. The van der Waals surface area contributed by atoms with Gasteiger partial charge in [0, 0.05) is 18.4 Å². The molecule has 5 nitrogen and oxygen atoms in total. The summed E-state index contributed by atoms with van der Waals surface area (Å²) in [6.45, 7) is 3.29. The largest absolute Gasteiger partial charge is 0.496 e. The number of carbonyl (C=O) groups is 2. The number of aliphatic carboxylic acids is 1. The maximum Gasteiger partial charge on any atom is 0.329 e. The molecule has 22 heavy (non-hydrogen) atoms. The van der Waals surface area contributed by atoms with Crippen molar-refractivity contribution in [3.8, 4) is 5.75 Å². The summed E-state index contributed by atoms with van der Waals surface area (Å²) >= 11 is 6.00. The van der Waals surface area contributed by atoms with Crippen LogP contribution in [0.4, 0.5) is 0 Å². The smallest absolute Gasteiger partial charge is 0.329 e. The Morgan fingerprint density at radius 1 is 1.41 bits per heavy atom. The first-order valence-corrected chi connectivity index (χ1v) is 7.57. The number of carboxylic acids is 1. The van der Waals surface area contributed by atoms with Crippen LogP contribution in [0.1, 0.15) is 38.7 Å². The van der Waals surface area contributed by atoms with Gasteiger partial charge in [0.25, 0.3) is 0 Å². The molecule has 122 valence electrons. The number of amides is 1. The van der Waals surface area contributed by atoms with Gasteiger partial charge < -0.3 is 15.2 Å². The van der Waals surface area contributed by atoms with Crippen LogP contribution in [0.3, 0.4) is 0 Å². The van der Waals surface area contributed by atoms with E-state index in [4.69, 9.17) is 16.3 Å². The van der Waals surface area contributed by atoms with E-state index in [9.17, 15) is 14.7 Å². The second-order valence-electron chi connectivity index (χ2n) is 5.30. The van der Waals surface area contributed by atoms with Gasteiger partial charge in [0.05, 0.1) is 7.11 Å². The number of halogens is 1. The van der Waals surface area contributed by atoms with E-state index in [1.54, 1.807) is 18.2 Å². The van der Waals surface area contributed by atoms with Crippen molar-refractivity contribution in [1.82, 2.24) is 5.32 Å². The first kappa shape index (κ1) is 18.3. The number of carbonyl (C=O) groups excluding carboxylic acids is 1. The molecule has 6 heteroatoms. The number of carboxylic acid groups (broad SMARTS) is 1. The summed E-state index contributed by atoms with van der Waals surface area (Å²) in [5.41, 5.74) is -0.706. The summed E-state index contributed by atoms with van der Waals surface area (Å²) < 4.78 is 5.27. The third-order valence-electron chi connectivity index (χ3n) is 3.52. The number of benzene rings is 1. The quantitative estimate of drug-likeness (QED) is 0.769. The van der Waals surface area contributed by atoms with Gasteiger partial charge in [0.1, 0.15) is 11.3 Å². The van der Waals surface area contributed by atoms with Gasteiger partial charge in [-0.05, 0) is 30.2 Å². The van der Waals surface area contributed by atoms with Gasteiger partial charge in [0.2, 0.25) is 5.91 Å². The van der Waals surface area contributed by atoms with E-state index in [0.717, 1.165) is 6.42 Å². The SMILES string of the molecule is CCCC[C@@](Cc1cc(Cl)ccc1OC)(NC(C)=O)C(=O)O. The number of nitrogens with one attached hydrogen (secondary N) is 1. The number of rotatable bonds is 8. The van der Waals surface area contributed by atoms with Gasteiger partial charge in [-0.2, -0.15) is 0 Å². The molecule has 0 fully saturated rings. The average Bonchev–Trinajstić information content (AvgIpc) is 2.44. The predicted octanol–water partition coefficient (Wildman–Crippen LogP) is 3.04. The van der Waals surface area contributed by atoms with Crippen LogP contribution in [0, 0.1) is 0 Å². The minimum absolute atomic E-state index is 0.117. The van der Waals surface area contributed by atoms with Gasteiger partial charge in [-0.1, -0.05) is 31.4 Å². The lowest BCUT2D eigenvalue weighted by Gasteiger charge is -2.31. The molecule has 1 aromatic carbocycles. The number of methoxy groups -OCH3 is 1. The van der Waals surface area contributed by atoms with Crippen molar-refractivity contribution in [2.45, 2.75) is 45.1 Å². The molecule has 0 aliphatic heterocycles. The monoisotopic (exact) mass is 327 g/mol. The van der Waals surface area contributed by atoms with Crippen molar-refractivity contribution >= 4 is 23.5 Å². The predicted molar refractivity (Wildman–Crippen MR) is 85.4 cm³/mol. The van der Waals surface area contributed by atoms with Crippen LogP contribution in [-0.4, -0.2) is 29.6 Å². The number of hydrogen-bond donors (Lipinski definition) is 2. The van der Waals surface area contributed by atoms with Crippen LogP contribution in [0.2, 0.25) is 5.02 Å². The first-order chi connectivity index (χ1) is 10.3. The highest BCUT2D eigenvalue weighted by Gasteiger charge is 2.39. The molecular weight excluding hydrogens is 306 g/mol. The second-order valence-corrected chi connectivity index (χ2v) is 5.74. The summed E-state index contributed by atoms with van der Waals surface area (Å²) in [6, 6.07) is 5.04. The maximum atomic E-state index is 11.9. The van der Waals surface area contributed by atoms with Crippen LogP contribution >= 0.6 is 11.6 Å². The lowest BCUT2D eigenvalue weighted by atomic mass is 9.85. The molecule has 0 spiro atoms. The van der Waals surface area contributed by atoms with Crippen molar-refractivity contribution < 1.29 is 19.4 Å². The molecule has 0 radical (unpaired) electrons. The summed E-state index contributed by atoms with van der Waals surface area (Å²) in [5.74, 6) is -0.880. The Hall–Kier alpha value is -1.75. The van der Waals surface area contributed by atoms with E-state index in [2.05, 4.69) is 5.32 Å². The Labute approximate surface area is 135 Å². The minimum atomic E-state index is -1.36. The fraction of sp³-hybridized carbons (Fsp3) is 0.500.